The topological polar surface area (TPSA) is 89.8 Å². The van der Waals surface area contributed by atoms with Gasteiger partial charge < -0.3 is 20.6 Å². The van der Waals surface area contributed by atoms with Gasteiger partial charge in [0.2, 0.25) is 5.91 Å². The van der Waals surface area contributed by atoms with Crippen molar-refractivity contribution in [1.82, 2.24) is 5.32 Å². The number of carbonyl (C=O) groups excluding carboxylic acids is 1. The number of aliphatic hydroxyl groups excluding tert-OH is 3. The highest BCUT2D eigenvalue weighted by Crippen LogP contribution is 2.17. The number of unbranched alkanes of at least 4 members (excludes halogenated alkanes) is 34. The summed E-state index contributed by atoms with van der Waals surface area (Å²) in [5.74, 6) is -0.472. The van der Waals surface area contributed by atoms with Gasteiger partial charge in [-0.2, -0.15) is 0 Å². The van der Waals surface area contributed by atoms with Crippen molar-refractivity contribution in [2.24, 2.45) is 0 Å². The van der Waals surface area contributed by atoms with Gasteiger partial charge in [-0.15, -0.1) is 0 Å². The molecule has 0 spiro atoms. The van der Waals surface area contributed by atoms with Crippen molar-refractivity contribution in [1.29, 1.82) is 0 Å². The molecule has 5 heteroatoms. The van der Waals surface area contributed by atoms with Gasteiger partial charge in [0.1, 0.15) is 6.10 Å². The normalized spacial score (nSPS) is 13.6. The second-order valence-electron chi connectivity index (χ2n) is 17.1. The van der Waals surface area contributed by atoms with Crippen molar-refractivity contribution in [3.05, 3.63) is 24.3 Å². The summed E-state index contributed by atoms with van der Waals surface area (Å²) in [4.78, 5) is 12.5. The van der Waals surface area contributed by atoms with E-state index in [0.29, 0.717) is 12.8 Å². The third kappa shape index (κ3) is 40.8. The van der Waals surface area contributed by atoms with Gasteiger partial charge in [0.25, 0.3) is 0 Å². The van der Waals surface area contributed by atoms with Crippen LogP contribution in [0.3, 0.4) is 0 Å². The lowest BCUT2D eigenvalue weighted by atomic mass is 10.0. The number of hydrogen-bond acceptors (Lipinski definition) is 4. The summed E-state index contributed by atoms with van der Waals surface area (Å²) in [5, 5.41) is 33.4. The second-order valence-corrected chi connectivity index (χ2v) is 17.1. The van der Waals surface area contributed by atoms with Gasteiger partial charge in [0.05, 0.1) is 18.8 Å². The molecule has 0 aromatic rings. The molecule has 326 valence electrons. The number of hydrogen-bond donors (Lipinski definition) is 4. The van der Waals surface area contributed by atoms with E-state index >= 15 is 0 Å². The molecule has 5 nitrogen and oxygen atoms in total. The first-order chi connectivity index (χ1) is 27.1. The van der Waals surface area contributed by atoms with Crippen LogP contribution in [0.25, 0.3) is 0 Å². The Hall–Kier alpha value is -1.17. The molecule has 0 aliphatic carbocycles. The van der Waals surface area contributed by atoms with Crippen LogP contribution in [0.5, 0.6) is 0 Å². The fourth-order valence-electron chi connectivity index (χ4n) is 7.71. The van der Waals surface area contributed by atoms with Crippen LogP contribution in [0.1, 0.15) is 264 Å². The molecule has 0 fully saturated rings. The van der Waals surface area contributed by atoms with Gasteiger partial charge in [0, 0.05) is 0 Å². The Morgan fingerprint density at radius 2 is 0.727 bits per heavy atom. The Morgan fingerprint density at radius 1 is 0.436 bits per heavy atom. The van der Waals surface area contributed by atoms with Crippen molar-refractivity contribution in [3.63, 3.8) is 0 Å². The summed E-state index contributed by atoms with van der Waals surface area (Å²) in [7, 11) is 0. The standard InChI is InChI=1S/C50H97NO4/c1-3-5-7-9-11-13-15-17-19-21-23-24-25-26-27-29-30-32-34-36-38-40-42-44-48(53)47(46-52)51-50(55)49(54)45-43-41-39-37-35-33-31-28-22-20-18-16-14-12-10-8-6-4-2/h12,14,16,18,47-49,52-54H,3-11,13,15,17,19-46H2,1-2H3,(H,51,55)/b14-12-,18-16-. The van der Waals surface area contributed by atoms with E-state index in [4.69, 9.17) is 0 Å². The van der Waals surface area contributed by atoms with E-state index in [1.807, 2.05) is 0 Å². The lowest BCUT2D eigenvalue weighted by Gasteiger charge is -2.23. The summed E-state index contributed by atoms with van der Waals surface area (Å²) in [6, 6.07) is -0.713. The smallest absolute Gasteiger partial charge is 0.249 e. The van der Waals surface area contributed by atoms with Crippen molar-refractivity contribution < 1.29 is 20.1 Å². The minimum atomic E-state index is -1.08. The van der Waals surface area contributed by atoms with E-state index in [-0.39, 0.29) is 6.61 Å². The molecule has 55 heavy (non-hydrogen) atoms. The molecular formula is C50H97NO4. The molecule has 1 amide bonds. The van der Waals surface area contributed by atoms with Crippen molar-refractivity contribution in [3.8, 4) is 0 Å². The minimum Gasteiger partial charge on any atom is -0.394 e. The fourth-order valence-corrected chi connectivity index (χ4v) is 7.71. The minimum absolute atomic E-state index is 0.313. The van der Waals surface area contributed by atoms with E-state index in [1.54, 1.807) is 0 Å². The second kappa shape index (κ2) is 45.5. The quantitative estimate of drug-likeness (QED) is 0.0366. The first-order valence-corrected chi connectivity index (χ1v) is 24.7. The monoisotopic (exact) mass is 776 g/mol. The molecule has 3 unspecified atom stereocenters. The van der Waals surface area contributed by atoms with Gasteiger partial charge in [-0.3, -0.25) is 4.79 Å². The largest absolute Gasteiger partial charge is 0.394 e. The highest BCUT2D eigenvalue weighted by atomic mass is 16.3. The number of allylic oxidation sites excluding steroid dienone is 4. The first-order valence-electron chi connectivity index (χ1n) is 24.7. The average Bonchev–Trinajstić information content (AvgIpc) is 3.19. The van der Waals surface area contributed by atoms with Crippen LogP contribution in [0.2, 0.25) is 0 Å². The SMILES string of the molecule is CCCCC/C=C\C=C/CCCCCCCCCCCC(O)C(=O)NC(CO)C(O)CCCCCCCCCCCCCCCCCCCCCCCCC. The highest BCUT2D eigenvalue weighted by molar-refractivity contribution is 5.80. The molecular weight excluding hydrogens is 679 g/mol. The van der Waals surface area contributed by atoms with Gasteiger partial charge >= 0.3 is 0 Å². The van der Waals surface area contributed by atoms with Crippen LogP contribution < -0.4 is 5.32 Å². The van der Waals surface area contributed by atoms with Crippen LogP contribution >= 0.6 is 0 Å². The lowest BCUT2D eigenvalue weighted by molar-refractivity contribution is -0.131. The Bertz CT molecular complexity index is 814. The molecule has 0 aromatic heterocycles. The van der Waals surface area contributed by atoms with Crippen LogP contribution in [0.4, 0.5) is 0 Å². The van der Waals surface area contributed by atoms with Gasteiger partial charge in [0.15, 0.2) is 0 Å². The predicted octanol–water partition coefficient (Wildman–Crippen LogP) is 14.6. The maximum Gasteiger partial charge on any atom is 0.249 e. The zero-order chi connectivity index (χ0) is 40.1. The summed E-state index contributed by atoms with van der Waals surface area (Å²) in [6.07, 6.45) is 56.2. The number of aliphatic hydroxyl groups is 3. The molecule has 0 aliphatic rings. The molecule has 0 aromatic carbocycles. The molecule has 4 N–H and O–H groups in total. The zero-order valence-corrected chi connectivity index (χ0v) is 37.1. The van der Waals surface area contributed by atoms with Crippen molar-refractivity contribution in [2.45, 2.75) is 283 Å². The molecule has 0 aliphatic heterocycles. The summed E-state index contributed by atoms with van der Waals surface area (Å²) < 4.78 is 0. The van der Waals surface area contributed by atoms with Gasteiger partial charge in [-0.25, -0.2) is 0 Å². The lowest BCUT2D eigenvalue weighted by Crippen LogP contribution is -2.49. The Labute approximate surface area is 343 Å². The number of nitrogens with one attached hydrogen (secondary N) is 1. The average molecular weight is 776 g/mol. The Morgan fingerprint density at radius 3 is 1.09 bits per heavy atom. The van der Waals surface area contributed by atoms with Gasteiger partial charge in [-0.05, 0) is 38.5 Å². The maximum absolute atomic E-state index is 12.5. The summed E-state index contributed by atoms with van der Waals surface area (Å²) in [6.45, 7) is 4.22. The number of rotatable bonds is 45. The van der Waals surface area contributed by atoms with E-state index in [1.165, 1.54) is 205 Å². The molecule has 0 heterocycles. The third-order valence-electron chi connectivity index (χ3n) is 11.6. The molecule has 0 radical (unpaired) electrons. The summed E-state index contributed by atoms with van der Waals surface area (Å²) in [5.41, 5.74) is 0. The predicted molar refractivity (Wildman–Crippen MR) is 241 cm³/mol. The fraction of sp³-hybridized carbons (Fsp3) is 0.900. The van der Waals surface area contributed by atoms with E-state index in [2.05, 4.69) is 43.5 Å². The maximum atomic E-state index is 12.5. The molecule has 0 saturated heterocycles. The molecule has 0 rings (SSSR count). The molecule has 0 bridgehead atoms. The highest BCUT2D eigenvalue weighted by Gasteiger charge is 2.23. The van der Waals surface area contributed by atoms with Crippen LogP contribution in [-0.4, -0.2) is 46.1 Å². The van der Waals surface area contributed by atoms with E-state index in [9.17, 15) is 20.1 Å². The molecule has 0 saturated carbocycles. The van der Waals surface area contributed by atoms with Crippen LogP contribution in [0, 0.1) is 0 Å². The van der Waals surface area contributed by atoms with Crippen molar-refractivity contribution in [2.75, 3.05) is 6.61 Å². The Kier molecular flexibility index (Phi) is 44.6. The number of amides is 1. The third-order valence-corrected chi connectivity index (χ3v) is 11.6. The number of carbonyl (C=O) groups is 1. The zero-order valence-electron chi connectivity index (χ0n) is 37.1. The first kappa shape index (κ1) is 53.8. The molecule has 3 atom stereocenters. The van der Waals surface area contributed by atoms with E-state index in [0.717, 1.165) is 32.1 Å². The van der Waals surface area contributed by atoms with Crippen LogP contribution in [0.15, 0.2) is 24.3 Å². The summed E-state index contributed by atoms with van der Waals surface area (Å²) >= 11 is 0. The Balaban J connectivity index is 3.57. The van der Waals surface area contributed by atoms with Crippen molar-refractivity contribution >= 4 is 5.91 Å². The van der Waals surface area contributed by atoms with Gasteiger partial charge in [-0.1, -0.05) is 250 Å². The van der Waals surface area contributed by atoms with Crippen LogP contribution in [-0.2, 0) is 4.79 Å². The van der Waals surface area contributed by atoms with E-state index < -0.39 is 24.2 Å².